The third kappa shape index (κ3) is 5.59. The Morgan fingerprint density at radius 2 is 1.76 bits per heavy atom. The third-order valence-electron chi connectivity index (χ3n) is 4.59. The van der Waals surface area contributed by atoms with Crippen molar-refractivity contribution < 1.29 is 40.1 Å². The standard InChI is InChI=1S/C19H21F3O6S/c1-12(23)8-9-14-10-15(18(24)27-2)11-16(13-6-4-3-5-7-13)17(14)28-29(25,26)19(20,21)22/h8-11,13H,3-7H2,1-2H3/b9-8+. The SMILES string of the molecule is COC(=O)c1cc(/C=C/C(C)=O)c(OS(=O)(=O)C(F)(F)F)c(C2CCCCC2)c1. The third-order valence-corrected chi connectivity index (χ3v) is 5.54. The minimum atomic E-state index is -5.95. The van der Waals surface area contributed by atoms with Crippen molar-refractivity contribution >= 4 is 27.9 Å². The number of rotatable bonds is 6. The lowest BCUT2D eigenvalue weighted by atomic mass is 9.82. The fraction of sp³-hybridized carbons (Fsp3) is 0.474. The molecule has 1 aliphatic carbocycles. The number of ketones is 1. The van der Waals surface area contributed by atoms with E-state index in [9.17, 15) is 31.2 Å². The Labute approximate surface area is 166 Å². The molecule has 6 nitrogen and oxygen atoms in total. The van der Waals surface area contributed by atoms with E-state index in [-0.39, 0.29) is 22.6 Å². The summed E-state index contributed by atoms with van der Waals surface area (Å²) in [5, 5.41) is 0. The van der Waals surface area contributed by atoms with Crippen LogP contribution in [-0.4, -0.2) is 32.8 Å². The Morgan fingerprint density at radius 1 is 1.14 bits per heavy atom. The van der Waals surface area contributed by atoms with Crippen molar-refractivity contribution in [2.45, 2.75) is 50.5 Å². The van der Waals surface area contributed by atoms with Crippen LogP contribution in [0.25, 0.3) is 6.08 Å². The maximum atomic E-state index is 12.9. The van der Waals surface area contributed by atoms with Gasteiger partial charge in [-0.1, -0.05) is 19.3 Å². The zero-order valence-electron chi connectivity index (χ0n) is 15.9. The first-order chi connectivity index (χ1) is 13.5. The van der Waals surface area contributed by atoms with E-state index in [2.05, 4.69) is 8.92 Å². The van der Waals surface area contributed by atoms with Gasteiger partial charge in [-0.25, -0.2) is 4.79 Å². The van der Waals surface area contributed by atoms with Crippen molar-refractivity contribution in [3.05, 3.63) is 34.9 Å². The van der Waals surface area contributed by atoms with Gasteiger partial charge in [0, 0.05) is 11.1 Å². The van der Waals surface area contributed by atoms with Gasteiger partial charge in [0.05, 0.1) is 12.7 Å². The molecular formula is C19H21F3O6S. The molecule has 1 fully saturated rings. The van der Waals surface area contributed by atoms with Crippen LogP contribution in [0.3, 0.4) is 0 Å². The Bertz CT molecular complexity index is 913. The number of esters is 1. The molecule has 0 N–H and O–H groups in total. The van der Waals surface area contributed by atoms with Crippen molar-refractivity contribution in [2.75, 3.05) is 7.11 Å². The van der Waals surface area contributed by atoms with Gasteiger partial charge in [-0.05, 0) is 50.0 Å². The monoisotopic (exact) mass is 434 g/mol. The van der Waals surface area contributed by atoms with Crippen LogP contribution in [0.1, 0.15) is 66.4 Å². The summed E-state index contributed by atoms with van der Waals surface area (Å²) in [6.07, 6.45) is 5.93. The van der Waals surface area contributed by atoms with Crippen LogP contribution in [0.15, 0.2) is 18.2 Å². The molecule has 1 aromatic rings. The largest absolute Gasteiger partial charge is 0.534 e. The van der Waals surface area contributed by atoms with E-state index in [0.717, 1.165) is 44.6 Å². The summed E-state index contributed by atoms with van der Waals surface area (Å²) in [4.78, 5) is 23.4. The molecule has 0 aliphatic heterocycles. The number of hydrogen-bond acceptors (Lipinski definition) is 6. The zero-order chi connectivity index (χ0) is 21.8. The van der Waals surface area contributed by atoms with Crippen molar-refractivity contribution in [1.82, 2.24) is 0 Å². The maximum absolute atomic E-state index is 12.9. The molecule has 2 rings (SSSR count). The zero-order valence-corrected chi connectivity index (χ0v) is 16.7. The second-order valence-corrected chi connectivity index (χ2v) is 8.28. The van der Waals surface area contributed by atoms with Gasteiger partial charge in [-0.2, -0.15) is 21.6 Å². The number of methoxy groups -OCH3 is 1. The Balaban J connectivity index is 2.73. The second-order valence-electron chi connectivity index (χ2n) is 6.74. The van der Waals surface area contributed by atoms with E-state index >= 15 is 0 Å². The van der Waals surface area contributed by atoms with E-state index in [4.69, 9.17) is 0 Å². The normalized spacial score (nSPS) is 16.0. The first-order valence-corrected chi connectivity index (χ1v) is 10.3. The maximum Gasteiger partial charge on any atom is 0.534 e. The molecule has 1 aliphatic rings. The number of halogens is 3. The minimum absolute atomic E-state index is 0.0213. The quantitative estimate of drug-likeness (QED) is 0.286. The average molecular weight is 434 g/mol. The average Bonchev–Trinajstić information content (AvgIpc) is 2.65. The van der Waals surface area contributed by atoms with Crippen molar-refractivity contribution in [1.29, 1.82) is 0 Å². The van der Waals surface area contributed by atoms with E-state index in [0.29, 0.717) is 12.8 Å². The predicted octanol–water partition coefficient (Wildman–Crippen LogP) is 4.35. The lowest BCUT2D eigenvalue weighted by molar-refractivity contribution is -0.112. The van der Waals surface area contributed by atoms with Crippen LogP contribution in [-0.2, 0) is 19.6 Å². The molecule has 0 bridgehead atoms. The van der Waals surface area contributed by atoms with Crippen LogP contribution in [0.5, 0.6) is 5.75 Å². The van der Waals surface area contributed by atoms with Crippen LogP contribution in [0, 0.1) is 0 Å². The lowest BCUT2D eigenvalue weighted by Gasteiger charge is -2.25. The van der Waals surface area contributed by atoms with Gasteiger partial charge >= 0.3 is 21.6 Å². The first-order valence-electron chi connectivity index (χ1n) is 8.92. The summed E-state index contributed by atoms with van der Waals surface area (Å²) in [6, 6.07) is 2.44. The lowest BCUT2D eigenvalue weighted by Crippen LogP contribution is -2.29. The van der Waals surface area contributed by atoms with Gasteiger partial charge in [0.25, 0.3) is 0 Å². The number of hydrogen-bond donors (Lipinski definition) is 0. The first kappa shape index (κ1) is 22.9. The number of carbonyl (C=O) groups excluding carboxylic acids is 2. The topological polar surface area (TPSA) is 86.7 Å². The van der Waals surface area contributed by atoms with Crippen molar-refractivity contribution in [2.24, 2.45) is 0 Å². The van der Waals surface area contributed by atoms with Crippen LogP contribution in [0.4, 0.5) is 13.2 Å². The molecule has 0 amide bonds. The fourth-order valence-electron chi connectivity index (χ4n) is 3.21. The Kier molecular flexibility index (Phi) is 7.10. The Hall–Kier alpha value is -2.36. The molecule has 0 atom stereocenters. The number of alkyl halides is 3. The molecule has 160 valence electrons. The molecule has 0 spiro atoms. The summed E-state index contributed by atoms with van der Waals surface area (Å²) >= 11 is 0. The number of carbonyl (C=O) groups is 2. The molecule has 0 unspecified atom stereocenters. The molecule has 10 heteroatoms. The molecule has 1 saturated carbocycles. The summed E-state index contributed by atoms with van der Waals surface area (Å²) in [6.45, 7) is 1.22. The number of ether oxygens (including phenoxy) is 1. The molecule has 0 aromatic heterocycles. The smallest absolute Gasteiger partial charge is 0.465 e. The van der Waals surface area contributed by atoms with Crippen molar-refractivity contribution in [3.63, 3.8) is 0 Å². The number of benzene rings is 1. The molecule has 0 saturated heterocycles. The van der Waals surface area contributed by atoms with Crippen LogP contribution < -0.4 is 4.18 Å². The summed E-state index contributed by atoms with van der Waals surface area (Å²) < 4.78 is 71.4. The van der Waals surface area contributed by atoms with E-state index < -0.39 is 33.1 Å². The predicted molar refractivity (Wildman–Crippen MR) is 98.9 cm³/mol. The van der Waals surface area contributed by atoms with E-state index in [1.165, 1.54) is 13.0 Å². The van der Waals surface area contributed by atoms with Crippen molar-refractivity contribution in [3.8, 4) is 5.75 Å². The van der Waals surface area contributed by atoms with E-state index in [1.807, 2.05) is 0 Å². The van der Waals surface area contributed by atoms with E-state index in [1.54, 1.807) is 0 Å². The molecule has 29 heavy (non-hydrogen) atoms. The molecule has 0 radical (unpaired) electrons. The molecule has 0 heterocycles. The Morgan fingerprint density at radius 3 is 2.28 bits per heavy atom. The van der Waals surface area contributed by atoms with Gasteiger partial charge in [0.1, 0.15) is 0 Å². The van der Waals surface area contributed by atoms with Gasteiger partial charge in [0.2, 0.25) is 0 Å². The van der Waals surface area contributed by atoms with Gasteiger partial charge in [-0.3, -0.25) is 4.79 Å². The summed E-state index contributed by atoms with van der Waals surface area (Å²) in [5.74, 6) is -1.99. The highest BCUT2D eigenvalue weighted by molar-refractivity contribution is 7.88. The minimum Gasteiger partial charge on any atom is -0.465 e. The van der Waals surface area contributed by atoms with Gasteiger partial charge in [-0.15, -0.1) is 0 Å². The second kappa shape index (κ2) is 8.98. The summed E-state index contributed by atoms with van der Waals surface area (Å²) in [5.41, 5.74) is -5.56. The fourth-order valence-corrected chi connectivity index (χ4v) is 3.72. The molecule has 1 aromatic carbocycles. The van der Waals surface area contributed by atoms with Crippen LogP contribution >= 0.6 is 0 Å². The van der Waals surface area contributed by atoms with Crippen LogP contribution in [0.2, 0.25) is 0 Å². The summed E-state index contributed by atoms with van der Waals surface area (Å²) in [7, 11) is -4.80. The molecular weight excluding hydrogens is 413 g/mol. The highest BCUT2D eigenvalue weighted by atomic mass is 32.2. The highest BCUT2D eigenvalue weighted by Crippen LogP contribution is 2.42. The van der Waals surface area contributed by atoms with Gasteiger partial charge < -0.3 is 8.92 Å². The van der Waals surface area contributed by atoms with Gasteiger partial charge in [0.15, 0.2) is 11.5 Å². The number of allylic oxidation sites excluding steroid dienone is 1. The highest BCUT2D eigenvalue weighted by Gasteiger charge is 2.49.